The Morgan fingerprint density at radius 3 is 2.34 bits per heavy atom. The summed E-state index contributed by atoms with van der Waals surface area (Å²) in [6.45, 7) is 2.69. The fraction of sp³-hybridized carbons (Fsp3) is 0.318. The van der Waals surface area contributed by atoms with Crippen LogP contribution in [0.3, 0.4) is 0 Å². The standard InChI is InChI=1S/C22H26N2O5/c1-17(25)29-20-11-5-8-18(16-20)22(27)24-14-7-13-23-21(26)12-6-15-28-19-9-3-2-4-10-19/h2-5,8-11,16H,6-7,12-15H2,1H3,(H,23,26)(H,24,27). The quantitative estimate of drug-likeness (QED) is 0.345. The topological polar surface area (TPSA) is 93.7 Å². The number of para-hydroxylation sites is 1. The first-order valence-corrected chi connectivity index (χ1v) is 9.56. The van der Waals surface area contributed by atoms with Gasteiger partial charge in [0.15, 0.2) is 0 Å². The number of nitrogens with one attached hydrogen (secondary N) is 2. The zero-order chi connectivity index (χ0) is 20.9. The summed E-state index contributed by atoms with van der Waals surface area (Å²) in [5.74, 6) is 0.381. The van der Waals surface area contributed by atoms with Gasteiger partial charge >= 0.3 is 5.97 Å². The molecule has 0 saturated heterocycles. The summed E-state index contributed by atoms with van der Waals surface area (Å²) in [7, 11) is 0. The van der Waals surface area contributed by atoms with Crippen molar-refractivity contribution in [2.75, 3.05) is 19.7 Å². The van der Waals surface area contributed by atoms with Gasteiger partial charge in [-0.05, 0) is 43.2 Å². The van der Waals surface area contributed by atoms with Crippen LogP contribution in [0.4, 0.5) is 0 Å². The number of rotatable bonds is 11. The molecule has 0 heterocycles. The maximum absolute atomic E-state index is 12.1. The lowest BCUT2D eigenvalue weighted by molar-refractivity contribution is -0.131. The van der Waals surface area contributed by atoms with Gasteiger partial charge in [0, 0.05) is 32.0 Å². The van der Waals surface area contributed by atoms with E-state index in [9.17, 15) is 14.4 Å². The second-order valence-corrected chi connectivity index (χ2v) is 6.35. The third kappa shape index (κ3) is 8.92. The van der Waals surface area contributed by atoms with E-state index >= 15 is 0 Å². The highest BCUT2D eigenvalue weighted by atomic mass is 16.5. The van der Waals surface area contributed by atoms with Crippen molar-refractivity contribution < 1.29 is 23.9 Å². The molecule has 2 amide bonds. The molecule has 2 aromatic rings. The van der Waals surface area contributed by atoms with Crippen LogP contribution >= 0.6 is 0 Å². The molecule has 0 aromatic heterocycles. The number of benzene rings is 2. The number of ether oxygens (including phenoxy) is 2. The fourth-order valence-electron chi connectivity index (χ4n) is 2.51. The Hall–Kier alpha value is -3.35. The Balaban J connectivity index is 1.55. The normalized spacial score (nSPS) is 10.1. The predicted molar refractivity (Wildman–Crippen MR) is 109 cm³/mol. The second-order valence-electron chi connectivity index (χ2n) is 6.35. The highest BCUT2D eigenvalue weighted by molar-refractivity contribution is 5.94. The highest BCUT2D eigenvalue weighted by Gasteiger charge is 2.07. The van der Waals surface area contributed by atoms with E-state index in [2.05, 4.69) is 10.6 Å². The zero-order valence-corrected chi connectivity index (χ0v) is 16.5. The lowest BCUT2D eigenvalue weighted by Gasteiger charge is -2.08. The van der Waals surface area contributed by atoms with Crippen molar-refractivity contribution in [3.05, 3.63) is 60.2 Å². The van der Waals surface area contributed by atoms with Crippen LogP contribution < -0.4 is 20.1 Å². The molecule has 0 spiro atoms. The van der Waals surface area contributed by atoms with Crippen molar-refractivity contribution in [2.24, 2.45) is 0 Å². The van der Waals surface area contributed by atoms with E-state index in [1.165, 1.54) is 13.0 Å². The summed E-state index contributed by atoms with van der Waals surface area (Å²) in [4.78, 5) is 34.9. The largest absolute Gasteiger partial charge is 0.494 e. The van der Waals surface area contributed by atoms with E-state index in [1.807, 2.05) is 30.3 Å². The predicted octanol–water partition coefficient (Wildman–Crippen LogP) is 2.71. The number of hydrogen-bond donors (Lipinski definition) is 2. The van der Waals surface area contributed by atoms with Crippen LogP contribution in [0.15, 0.2) is 54.6 Å². The van der Waals surface area contributed by atoms with Gasteiger partial charge in [0.1, 0.15) is 11.5 Å². The molecule has 7 nitrogen and oxygen atoms in total. The van der Waals surface area contributed by atoms with E-state index in [4.69, 9.17) is 9.47 Å². The first-order valence-electron chi connectivity index (χ1n) is 9.56. The molecular weight excluding hydrogens is 372 g/mol. The van der Waals surface area contributed by atoms with Gasteiger partial charge in [0.25, 0.3) is 5.91 Å². The molecule has 29 heavy (non-hydrogen) atoms. The molecule has 154 valence electrons. The van der Waals surface area contributed by atoms with Crippen LogP contribution in [0, 0.1) is 0 Å². The SMILES string of the molecule is CC(=O)Oc1cccc(C(=O)NCCCNC(=O)CCCOc2ccccc2)c1. The Kier molecular flexibility index (Phi) is 9.21. The van der Waals surface area contributed by atoms with Crippen molar-refractivity contribution in [3.8, 4) is 11.5 Å². The monoisotopic (exact) mass is 398 g/mol. The molecular formula is C22H26N2O5. The molecule has 2 rings (SSSR count). The number of carbonyl (C=O) groups is 3. The van der Waals surface area contributed by atoms with Crippen molar-refractivity contribution in [3.63, 3.8) is 0 Å². The Labute approximate surface area is 170 Å². The fourth-order valence-corrected chi connectivity index (χ4v) is 2.51. The number of hydrogen-bond acceptors (Lipinski definition) is 5. The molecule has 2 N–H and O–H groups in total. The molecule has 0 bridgehead atoms. The zero-order valence-electron chi connectivity index (χ0n) is 16.5. The van der Waals surface area contributed by atoms with Gasteiger partial charge in [-0.25, -0.2) is 0 Å². The summed E-state index contributed by atoms with van der Waals surface area (Å²) in [6, 6.07) is 15.9. The lowest BCUT2D eigenvalue weighted by atomic mass is 10.2. The van der Waals surface area contributed by atoms with Crippen molar-refractivity contribution in [1.29, 1.82) is 0 Å². The molecule has 0 aliphatic rings. The van der Waals surface area contributed by atoms with Crippen LogP contribution in [0.2, 0.25) is 0 Å². The Morgan fingerprint density at radius 1 is 0.862 bits per heavy atom. The third-order valence-corrected chi connectivity index (χ3v) is 3.88. The van der Waals surface area contributed by atoms with E-state index in [-0.39, 0.29) is 11.8 Å². The van der Waals surface area contributed by atoms with Crippen molar-refractivity contribution in [2.45, 2.75) is 26.2 Å². The van der Waals surface area contributed by atoms with Gasteiger partial charge in [0.2, 0.25) is 5.91 Å². The third-order valence-electron chi connectivity index (χ3n) is 3.88. The molecule has 0 aliphatic heterocycles. The number of carbonyl (C=O) groups excluding carboxylic acids is 3. The minimum Gasteiger partial charge on any atom is -0.494 e. The van der Waals surface area contributed by atoms with Gasteiger partial charge in [-0.15, -0.1) is 0 Å². The average Bonchev–Trinajstić information content (AvgIpc) is 2.71. The van der Waals surface area contributed by atoms with Gasteiger partial charge in [-0.1, -0.05) is 24.3 Å². The molecule has 0 aliphatic carbocycles. The Bertz CT molecular complexity index is 808. The van der Waals surface area contributed by atoms with Crippen molar-refractivity contribution >= 4 is 17.8 Å². The molecule has 0 saturated carbocycles. The van der Waals surface area contributed by atoms with E-state index in [1.54, 1.807) is 18.2 Å². The summed E-state index contributed by atoms with van der Waals surface area (Å²) in [5.41, 5.74) is 0.409. The first kappa shape index (κ1) is 21.9. The van der Waals surface area contributed by atoms with Crippen molar-refractivity contribution in [1.82, 2.24) is 10.6 Å². The van der Waals surface area contributed by atoms with Crippen LogP contribution in [0.1, 0.15) is 36.5 Å². The average molecular weight is 398 g/mol. The Morgan fingerprint density at radius 2 is 1.59 bits per heavy atom. The molecule has 0 atom stereocenters. The van der Waals surface area contributed by atoms with Crippen LogP contribution in [0.25, 0.3) is 0 Å². The van der Waals surface area contributed by atoms with Crippen LogP contribution in [-0.4, -0.2) is 37.5 Å². The molecule has 0 fully saturated rings. The maximum atomic E-state index is 12.1. The molecule has 7 heteroatoms. The highest BCUT2D eigenvalue weighted by Crippen LogP contribution is 2.13. The summed E-state index contributed by atoms with van der Waals surface area (Å²) in [6.07, 6.45) is 1.64. The minimum atomic E-state index is -0.440. The number of esters is 1. The van der Waals surface area contributed by atoms with E-state index in [0.29, 0.717) is 50.3 Å². The van der Waals surface area contributed by atoms with Gasteiger partial charge < -0.3 is 20.1 Å². The lowest BCUT2D eigenvalue weighted by Crippen LogP contribution is -2.30. The van der Waals surface area contributed by atoms with Crippen LogP contribution in [-0.2, 0) is 9.59 Å². The number of amides is 2. The smallest absolute Gasteiger partial charge is 0.308 e. The molecule has 0 unspecified atom stereocenters. The van der Waals surface area contributed by atoms with Gasteiger partial charge in [0.05, 0.1) is 6.61 Å². The summed E-state index contributed by atoms with van der Waals surface area (Å²) < 4.78 is 10.5. The van der Waals surface area contributed by atoms with Gasteiger partial charge in [-0.3, -0.25) is 14.4 Å². The summed E-state index contributed by atoms with van der Waals surface area (Å²) in [5, 5.41) is 5.60. The maximum Gasteiger partial charge on any atom is 0.308 e. The van der Waals surface area contributed by atoms with E-state index in [0.717, 1.165) is 5.75 Å². The molecule has 0 radical (unpaired) electrons. The first-order chi connectivity index (χ1) is 14.0. The van der Waals surface area contributed by atoms with E-state index < -0.39 is 5.97 Å². The minimum absolute atomic E-state index is 0.0397. The van der Waals surface area contributed by atoms with Gasteiger partial charge in [-0.2, -0.15) is 0 Å². The van der Waals surface area contributed by atoms with Crippen LogP contribution in [0.5, 0.6) is 11.5 Å². The summed E-state index contributed by atoms with van der Waals surface area (Å²) >= 11 is 0. The second kappa shape index (κ2) is 12.2. The molecule has 2 aromatic carbocycles.